The molecule has 2 nitrogen and oxygen atoms in total. The third-order valence-corrected chi connectivity index (χ3v) is 13.1. The van der Waals surface area contributed by atoms with Gasteiger partial charge < -0.3 is 24.8 Å². The predicted octanol–water partition coefficient (Wildman–Crippen LogP) is 2.74. The van der Waals surface area contributed by atoms with E-state index in [0.29, 0.717) is 7.25 Å². The van der Waals surface area contributed by atoms with Gasteiger partial charge in [0.25, 0.3) is 0 Å². The third kappa shape index (κ3) is 5.42. The first-order valence-corrected chi connectivity index (χ1v) is 15.6. The van der Waals surface area contributed by atoms with Crippen LogP contribution in [0.4, 0.5) is 0 Å². The Bertz CT molecular complexity index is 1420. The van der Waals surface area contributed by atoms with Crippen LogP contribution in [-0.4, -0.2) is 14.2 Å². The van der Waals surface area contributed by atoms with Crippen LogP contribution >= 0.6 is 0 Å². The van der Waals surface area contributed by atoms with Gasteiger partial charge in [0.2, 0.25) is 0 Å². The van der Waals surface area contributed by atoms with Crippen molar-refractivity contribution in [2.45, 2.75) is 21.1 Å². The van der Waals surface area contributed by atoms with Crippen molar-refractivity contribution in [1.82, 2.24) is 0 Å². The van der Waals surface area contributed by atoms with Crippen molar-refractivity contribution in [2.75, 3.05) is 14.2 Å². The normalized spacial score (nSPS) is 16.5. The SMILES string of the molecule is COc1ccc(-c2cccc3c2C=C(C)[CH]3[Zr+2][CH]2C(C)=Cc3c(-c4ccc(OC)cc4)cccc32)cc1.[Cl-].[Cl-]. The molecule has 0 aromatic heterocycles. The van der Waals surface area contributed by atoms with Crippen LogP contribution in [0.15, 0.2) is 96.1 Å². The molecule has 2 aliphatic rings. The van der Waals surface area contributed by atoms with Crippen LogP contribution in [0.2, 0.25) is 0 Å². The average molecular weight is 633 g/mol. The standard InChI is InChI=1S/2C17H15O.2ClH.Zr/c2*1-12-10-14-4-3-5-16(17(14)11-12)13-6-8-15(18-2)9-7-13;;;/h2*3-11H,1-2H3;2*1H;/q;;;;+2/p-2. The molecule has 39 heavy (non-hydrogen) atoms. The second kappa shape index (κ2) is 12.3. The van der Waals surface area contributed by atoms with E-state index in [1.54, 1.807) is 14.2 Å². The van der Waals surface area contributed by atoms with Crippen LogP contribution in [0.25, 0.3) is 34.4 Å². The Hall–Kier alpha value is -2.58. The number of allylic oxidation sites excluding steroid dienone is 2. The fraction of sp³-hybridized carbons (Fsp3) is 0.176. The summed E-state index contributed by atoms with van der Waals surface area (Å²) in [5, 5.41) is 0. The smallest absolute Gasteiger partial charge is 1.00 e. The monoisotopic (exact) mass is 630 g/mol. The Morgan fingerprint density at radius 1 is 0.538 bits per heavy atom. The van der Waals surface area contributed by atoms with Crippen LogP contribution < -0.4 is 34.3 Å². The molecule has 0 N–H and O–H groups in total. The average Bonchev–Trinajstić information content (AvgIpc) is 3.44. The second-order valence-corrected chi connectivity index (χ2v) is 13.5. The maximum Gasteiger partial charge on any atom is -1.00 e. The molecule has 0 saturated heterocycles. The first-order valence-electron chi connectivity index (χ1n) is 12.7. The number of hydrogen-bond donors (Lipinski definition) is 0. The fourth-order valence-corrected chi connectivity index (χ4v) is 10.4. The van der Waals surface area contributed by atoms with E-state index in [4.69, 9.17) is 9.47 Å². The molecular weight excluding hydrogens is 603 g/mol. The fourth-order valence-electron chi connectivity index (χ4n) is 5.76. The maximum absolute atomic E-state index is 5.38. The van der Waals surface area contributed by atoms with Crippen molar-refractivity contribution >= 4 is 12.2 Å². The second-order valence-electron chi connectivity index (χ2n) is 9.88. The molecular formula is C34H30Cl2O2Zr. The van der Waals surface area contributed by atoms with E-state index in [9.17, 15) is 0 Å². The molecule has 0 radical (unpaired) electrons. The van der Waals surface area contributed by atoms with E-state index >= 15 is 0 Å². The van der Waals surface area contributed by atoms with Gasteiger partial charge in [-0.05, 0) is 0 Å². The molecule has 0 bridgehead atoms. The van der Waals surface area contributed by atoms with Gasteiger partial charge in [-0.2, -0.15) is 0 Å². The molecule has 0 saturated carbocycles. The topological polar surface area (TPSA) is 18.5 Å². The molecule has 0 amide bonds. The van der Waals surface area contributed by atoms with E-state index in [1.165, 1.54) is 55.7 Å². The largest absolute Gasteiger partial charge is 1.00 e. The van der Waals surface area contributed by atoms with Gasteiger partial charge in [0.15, 0.2) is 0 Å². The molecule has 2 unspecified atom stereocenters. The van der Waals surface area contributed by atoms with Crippen LogP contribution in [0.3, 0.4) is 0 Å². The van der Waals surface area contributed by atoms with Gasteiger partial charge in [0.05, 0.1) is 0 Å². The molecule has 196 valence electrons. The van der Waals surface area contributed by atoms with Gasteiger partial charge in [-0.15, -0.1) is 0 Å². The number of hydrogen-bond acceptors (Lipinski definition) is 2. The number of ether oxygens (including phenoxy) is 2. The zero-order valence-electron chi connectivity index (χ0n) is 22.5. The Morgan fingerprint density at radius 3 is 1.28 bits per heavy atom. The van der Waals surface area contributed by atoms with Gasteiger partial charge >= 0.3 is 232 Å². The first kappa shape index (κ1) is 29.4. The molecule has 6 rings (SSSR count). The summed E-state index contributed by atoms with van der Waals surface area (Å²) in [7, 11) is 3.43. The van der Waals surface area contributed by atoms with Gasteiger partial charge in [-0.1, -0.05) is 0 Å². The van der Waals surface area contributed by atoms with Crippen LogP contribution in [-0.2, 0) is 23.2 Å². The quantitative estimate of drug-likeness (QED) is 0.326. The zero-order chi connectivity index (χ0) is 25.5. The summed E-state index contributed by atoms with van der Waals surface area (Å²) in [6, 6.07) is 30.6. The summed E-state index contributed by atoms with van der Waals surface area (Å²) < 4.78 is 11.9. The third-order valence-electron chi connectivity index (χ3n) is 7.69. The molecule has 0 aliphatic heterocycles. The molecule has 0 fully saturated rings. The van der Waals surface area contributed by atoms with Gasteiger partial charge in [0.1, 0.15) is 0 Å². The molecule has 0 spiro atoms. The van der Waals surface area contributed by atoms with Crippen LogP contribution in [0.1, 0.15) is 43.4 Å². The molecule has 4 aromatic rings. The van der Waals surface area contributed by atoms with Gasteiger partial charge in [-0.3, -0.25) is 0 Å². The first-order chi connectivity index (χ1) is 18.1. The summed E-state index contributed by atoms with van der Waals surface area (Å²) in [6.45, 7) is 4.68. The minimum Gasteiger partial charge on any atom is -1.00 e. The summed E-state index contributed by atoms with van der Waals surface area (Å²) >= 11 is -0.900. The number of halogens is 2. The molecule has 4 aromatic carbocycles. The van der Waals surface area contributed by atoms with Crippen LogP contribution in [0.5, 0.6) is 11.5 Å². The summed E-state index contributed by atoms with van der Waals surface area (Å²) in [5.74, 6) is 1.79. The maximum atomic E-state index is 5.38. The predicted molar refractivity (Wildman–Crippen MR) is 150 cm³/mol. The summed E-state index contributed by atoms with van der Waals surface area (Å²) in [6.07, 6.45) is 4.90. The van der Waals surface area contributed by atoms with E-state index in [1.807, 2.05) is 0 Å². The van der Waals surface area contributed by atoms with E-state index in [-0.39, 0.29) is 24.8 Å². The summed E-state index contributed by atoms with van der Waals surface area (Å²) in [4.78, 5) is 0. The van der Waals surface area contributed by atoms with Crippen molar-refractivity contribution < 1.29 is 57.5 Å². The molecule has 2 atom stereocenters. The minimum atomic E-state index is -0.900. The summed E-state index contributed by atoms with van der Waals surface area (Å²) in [5.41, 5.74) is 14.0. The molecule has 2 aliphatic carbocycles. The Kier molecular flexibility index (Phi) is 9.27. The van der Waals surface area contributed by atoms with E-state index in [0.717, 1.165) is 11.5 Å². The number of benzene rings is 4. The zero-order valence-corrected chi connectivity index (χ0v) is 26.4. The van der Waals surface area contributed by atoms with Crippen molar-refractivity contribution in [3.05, 3.63) is 118 Å². The van der Waals surface area contributed by atoms with Gasteiger partial charge in [0, 0.05) is 0 Å². The van der Waals surface area contributed by atoms with Crippen LogP contribution in [0, 0.1) is 0 Å². The number of rotatable bonds is 6. The van der Waals surface area contributed by atoms with E-state index in [2.05, 4.69) is 111 Å². The number of fused-ring (bicyclic) bond motifs is 2. The Labute approximate surface area is 255 Å². The number of methoxy groups -OCH3 is 2. The van der Waals surface area contributed by atoms with Crippen molar-refractivity contribution in [2.24, 2.45) is 0 Å². The minimum absolute atomic E-state index is 0. The van der Waals surface area contributed by atoms with E-state index < -0.39 is 23.2 Å². The molecule has 5 heteroatoms. The van der Waals surface area contributed by atoms with Gasteiger partial charge in [-0.25, -0.2) is 0 Å². The Morgan fingerprint density at radius 2 is 0.923 bits per heavy atom. The van der Waals surface area contributed by atoms with Crippen molar-refractivity contribution in [3.8, 4) is 33.8 Å². The Balaban J connectivity index is 0.00000176. The van der Waals surface area contributed by atoms with Crippen molar-refractivity contribution in [3.63, 3.8) is 0 Å². The van der Waals surface area contributed by atoms with Crippen molar-refractivity contribution in [1.29, 1.82) is 0 Å². The molecule has 0 heterocycles.